The molecule has 84 valence electrons. The highest BCUT2D eigenvalue weighted by atomic mass is 19.1. The van der Waals surface area contributed by atoms with Crippen LogP contribution in [-0.2, 0) is 0 Å². The molecule has 0 unspecified atom stereocenters. The smallest absolute Gasteiger partial charge is 0.267 e. The van der Waals surface area contributed by atoms with Gasteiger partial charge in [-0.05, 0) is 30.3 Å². The minimum absolute atomic E-state index is 0.176. The molecule has 0 saturated carbocycles. The third-order valence-corrected chi connectivity index (χ3v) is 2.67. The summed E-state index contributed by atoms with van der Waals surface area (Å²) in [6.07, 6.45) is 0. The number of nitrogens with zero attached hydrogens (tertiary/aromatic N) is 1. The number of benzene rings is 2. The Morgan fingerprint density at radius 3 is 2.71 bits per heavy atom. The second-order valence-corrected chi connectivity index (χ2v) is 3.77. The number of nitrogens with one attached hydrogen (secondary N) is 1. The van der Waals surface area contributed by atoms with Crippen LogP contribution in [-0.4, -0.2) is 9.78 Å². The van der Waals surface area contributed by atoms with Crippen LogP contribution >= 0.6 is 0 Å². The van der Waals surface area contributed by atoms with Gasteiger partial charge in [-0.2, -0.15) is 0 Å². The quantitative estimate of drug-likeness (QED) is 0.682. The summed E-state index contributed by atoms with van der Waals surface area (Å²) in [7, 11) is 0. The Morgan fingerprint density at radius 1 is 1.06 bits per heavy atom. The molecular weight excluding hydrogens is 219 g/mol. The molecule has 0 saturated heterocycles. The number of hydrogen-bond acceptors (Lipinski definition) is 1. The van der Waals surface area contributed by atoms with Crippen molar-refractivity contribution < 1.29 is 4.39 Å². The molecule has 1 N–H and O–H groups in total. The Balaban J connectivity index is 2.35. The lowest BCUT2D eigenvalue weighted by Crippen LogP contribution is -2.03. The molecule has 0 radical (unpaired) electrons. The standard InChI is InChI=1S/C13H9FN2O/c14-9-4-3-5-10(8-9)16-12-7-2-1-6-11(12)13(17)15-16/h1-8H,(H,15,17). The third-order valence-electron chi connectivity index (χ3n) is 2.67. The molecule has 4 heteroatoms. The van der Waals surface area contributed by atoms with Crippen molar-refractivity contribution in [3.05, 3.63) is 64.7 Å². The Hall–Kier alpha value is -2.36. The maximum absolute atomic E-state index is 13.2. The Labute approximate surface area is 96.1 Å². The predicted molar refractivity (Wildman–Crippen MR) is 63.9 cm³/mol. The van der Waals surface area contributed by atoms with E-state index in [1.165, 1.54) is 12.1 Å². The average Bonchev–Trinajstić information content (AvgIpc) is 2.68. The lowest BCUT2D eigenvalue weighted by atomic mass is 10.2. The molecule has 3 aromatic rings. The van der Waals surface area contributed by atoms with Gasteiger partial charge < -0.3 is 0 Å². The molecule has 0 aliphatic rings. The number of H-pyrrole nitrogens is 1. The minimum Gasteiger partial charge on any atom is -0.267 e. The maximum Gasteiger partial charge on any atom is 0.272 e. The molecule has 0 amide bonds. The van der Waals surface area contributed by atoms with E-state index in [9.17, 15) is 9.18 Å². The summed E-state index contributed by atoms with van der Waals surface area (Å²) < 4.78 is 14.7. The highest BCUT2D eigenvalue weighted by molar-refractivity contribution is 5.79. The lowest BCUT2D eigenvalue weighted by Gasteiger charge is -2.03. The average molecular weight is 228 g/mol. The second kappa shape index (κ2) is 3.59. The molecule has 17 heavy (non-hydrogen) atoms. The largest absolute Gasteiger partial charge is 0.272 e. The summed E-state index contributed by atoms with van der Waals surface area (Å²) in [6, 6.07) is 13.3. The van der Waals surface area contributed by atoms with Crippen molar-refractivity contribution in [1.29, 1.82) is 0 Å². The van der Waals surface area contributed by atoms with E-state index in [4.69, 9.17) is 0 Å². The number of hydrogen-bond donors (Lipinski definition) is 1. The molecule has 0 bridgehead atoms. The zero-order chi connectivity index (χ0) is 11.8. The van der Waals surface area contributed by atoms with Crippen molar-refractivity contribution >= 4 is 10.9 Å². The van der Waals surface area contributed by atoms with E-state index < -0.39 is 0 Å². The Kier molecular flexibility index (Phi) is 2.08. The number of aromatic nitrogens is 2. The van der Waals surface area contributed by atoms with Gasteiger partial charge in [-0.15, -0.1) is 0 Å². The summed E-state index contributed by atoms with van der Waals surface area (Å²) in [5.41, 5.74) is 1.16. The van der Waals surface area contributed by atoms with Gasteiger partial charge in [-0.3, -0.25) is 14.6 Å². The zero-order valence-corrected chi connectivity index (χ0v) is 8.85. The number of aromatic amines is 1. The molecule has 1 aromatic heterocycles. The summed E-state index contributed by atoms with van der Waals surface area (Å²) in [6.45, 7) is 0. The van der Waals surface area contributed by atoms with E-state index in [0.717, 1.165) is 5.52 Å². The summed E-state index contributed by atoms with van der Waals surface area (Å²) in [5, 5.41) is 3.28. The van der Waals surface area contributed by atoms with Crippen LogP contribution in [0.2, 0.25) is 0 Å². The molecule has 3 rings (SSSR count). The van der Waals surface area contributed by atoms with Crippen LogP contribution in [0.1, 0.15) is 0 Å². The van der Waals surface area contributed by atoms with Gasteiger partial charge in [0.2, 0.25) is 0 Å². The number of fused-ring (bicyclic) bond motifs is 1. The Morgan fingerprint density at radius 2 is 1.88 bits per heavy atom. The topological polar surface area (TPSA) is 37.8 Å². The van der Waals surface area contributed by atoms with E-state index in [1.54, 1.807) is 28.9 Å². The van der Waals surface area contributed by atoms with Crippen molar-refractivity contribution in [3.63, 3.8) is 0 Å². The highest BCUT2D eigenvalue weighted by Crippen LogP contribution is 2.15. The van der Waals surface area contributed by atoms with Crippen molar-refractivity contribution in [1.82, 2.24) is 9.78 Å². The maximum atomic E-state index is 13.2. The molecule has 0 fully saturated rings. The number of rotatable bonds is 1. The normalized spacial score (nSPS) is 10.9. The predicted octanol–water partition coefficient (Wildman–Crippen LogP) is 2.46. The first-order valence-electron chi connectivity index (χ1n) is 5.21. The fraction of sp³-hybridized carbons (Fsp3) is 0. The van der Waals surface area contributed by atoms with Crippen LogP contribution in [0.5, 0.6) is 0 Å². The monoisotopic (exact) mass is 228 g/mol. The molecule has 0 aliphatic heterocycles. The van der Waals surface area contributed by atoms with Crippen LogP contribution in [0.25, 0.3) is 16.6 Å². The molecule has 0 aliphatic carbocycles. The van der Waals surface area contributed by atoms with E-state index in [1.807, 2.05) is 12.1 Å². The molecule has 1 heterocycles. The van der Waals surface area contributed by atoms with Crippen LogP contribution in [0.3, 0.4) is 0 Å². The van der Waals surface area contributed by atoms with Gasteiger partial charge in [0.25, 0.3) is 5.56 Å². The van der Waals surface area contributed by atoms with Gasteiger partial charge in [-0.25, -0.2) is 4.39 Å². The van der Waals surface area contributed by atoms with Crippen LogP contribution in [0, 0.1) is 5.82 Å². The van der Waals surface area contributed by atoms with Gasteiger partial charge in [-0.1, -0.05) is 18.2 Å². The first kappa shape index (κ1) is 9.84. The van der Waals surface area contributed by atoms with Gasteiger partial charge in [0, 0.05) is 0 Å². The molecular formula is C13H9FN2O. The Bertz CT molecular complexity index is 742. The molecule has 0 spiro atoms. The first-order chi connectivity index (χ1) is 8.25. The lowest BCUT2D eigenvalue weighted by molar-refractivity contribution is 0.625. The summed E-state index contributed by atoms with van der Waals surface area (Å²) in [5.74, 6) is -0.332. The van der Waals surface area contributed by atoms with Crippen molar-refractivity contribution in [2.45, 2.75) is 0 Å². The van der Waals surface area contributed by atoms with Crippen LogP contribution in [0.15, 0.2) is 53.3 Å². The SMILES string of the molecule is O=c1[nH]n(-c2cccc(F)c2)c2ccccc12. The van der Waals surface area contributed by atoms with Gasteiger partial charge in [0.05, 0.1) is 16.6 Å². The third kappa shape index (κ3) is 1.54. The number of para-hydroxylation sites is 1. The number of halogens is 1. The van der Waals surface area contributed by atoms with E-state index in [2.05, 4.69) is 5.10 Å². The van der Waals surface area contributed by atoms with Crippen LogP contribution in [0.4, 0.5) is 4.39 Å². The molecule has 0 atom stereocenters. The van der Waals surface area contributed by atoms with Crippen molar-refractivity contribution in [3.8, 4) is 5.69 Å². The van der Waals surface area contributed by atoms with E-state index in [0.29, 0.717) is 11.1 Å². The minimum atomic E-state index is -0.332. The van der Waals surface area contributed by atoms with Gasteiger partial charge in [0.15, 0.2) is 0 Å². The van der Waals surface area contributed by atoms with Gasteiger partial charge >= 0.3 is 0 Å². The fourth-order valence-electron chi connectivity index (χ4n) is 1.90. The summed E-state index contributed by atoms with van der Waals surface area (Å²) >= 11 is 0. The second-order valence-electron chi connectivity index (χ2n) is 3.77. The molecule has 2 aromatic carbocycles. The zero-order valence-electron chi connectivity index (χ0n) is 8.85. The summed E-state index contributed by atoms with van der Waals surface area (Å²) in [4.78, 5) is 11.7. The van der Waals surface area contributed by atoms with Crippen molar-refractivity contribution in [2.75, 3.05) is 0 Å². The molecule has 3 nitrogen and oxygen atoms in total. The fourth-order valence-corrected chi connectivity index (χ4v) is 1.90. The van der Waals surface area contributed by atoms with Crippen LogP contribution < -0.4 is 5.56 Å². The van der Waals surface area contributed by atoms with E-state index >= 15 is 0 Å². The van der Waals surface area contributed by atoms with Gasteiger partial charge in [0.1, 0.15) is 5.82 Å². The van der Waals surface area contributed by atoms with Crippen molar-refractivity contribution in [2.24, 2.45) is 0 Å². The first-order valence-corrected chi connectivity index (χ1v) is 5.21. The highest BCUT2D eigenvalue weighted by Gasteiger charge is 2.07. The van der Waals surface area contributed by atoms with E-state index in [-0.39, 0.29) is 11.4 Å².